The van der Waals surface area contributed by atoms with Gasteiger partial charge in [-0.2, -0.15) is 0 Å². The number of sulfonamides is 1. The van der Waals surface area contributed by atoms with E-state index >= 15 is 0 Å². The average molecular weight is 455 g/mol. The number of hydrogen-bond donors (Lipinski definition) is 2. The van der Waals surface area contributed by atoms with Crippen molar-refractivity contribution in [3.63, 3.8) is 0 Å². The van der Waals surface area contributed by atoms with E-state index in [4.69, 9.17) is 14.6 Å². The topological polar surface area (TPSA) is 105 Å². The maximum atomic E-state index is 12.3. The van der Waals surface area contributed by atoms with Crippen molar-refractivity contribution in [2.45, 2.75) is 30.7 Å². The molecule has 0 saturated heterocycles. The number of carboxylic acids is 1. The predicted molar refractivity (Wildman–Crippen MR) is 114 cm³/mol. The van der Waals surface area contributed by atoms with E-state index in [1.807, 2.05) is 12.1 Å². The van der Waals surface area contributed by atoms with Gasteiger partial charge in [-0.25, -0.2) is 17.9 Å². The molecule has 164 valence electrons. The molecule has 1 aliphatic rings. The molecule has 0 spiro atoms. The molecule has 2 heterocycles. The van der Waals surface area contributed by atoms with Gasteiger partial charge in [0.2, 0.25) is 10.0 Å². The van der Waals surface area contributed by atoms with E-state index in [-0.39, 0.29) is 16.3 Å². The van der Waals surface area contributed by atoms with Gasteiger partial charge in [-0.05, 0) is 60.5 Å². The highest BCUT2D eigenvalue weighted by molar-refractivity contribution is 7.89. The first-order valence-corrected chi connectivity index (χ1v) is 12.0. The highest BCUT2D eigenvalue weighted by atomic mass is 32.2. The number of hydrogen-bond acceptors (Lipinski definition) is 7. The molecule has 0 saturated carbocycles. The Morgan fingerprint density at radius 3 is 2.57 bits per heavy atom. The maximum absolute atomic E-state index is 12.3. The van der Waals surface area contributed by atoms with E-state index in [1.165, 1.54) is 22.6 Å². The predicted octanol–water partition coefficient (Wildman–Crippen LogP) is 2.58. The van der Waals surface area contributed by atoms with Crippen LogP contribution < -0.4 is 14.2 Å². The third-order valence-electron chi connectivity index (χ3n) is 5.10. The number of aromatic carboxylic acids is 1. The molecule has 1 aliphatic heterocycles. The Bertz CT molecular complexity index is 1000. The van der Waals surface area contributed by atoms with E-state index in [1.54, 1.807) is 14.2 Å². The molecule has 0 bridgehead atoms. The zero-order valence-electron chi connectivity index (χ0n) is 17.0. The summed E-state index contributed by atoms with van der Waals surface area (Å²) < 4.78 is 37.9. The van der Waals surface area contributed by atoms with Crippen molar-refractivity contribution in [2.24, 2.45) is 0 Å². The van der Waals surface area contributed by atoms with Gasteiger partial charge in [0.05, 0.1) is 14.2 Å². The monoisotopic (exact) mass is 454 g/mol. The molecule has 0 unspecified atom stereocenters. The zero-order chi connectivity index (χ0) is 21.7. The molecule has 0 radical (unpaired) electrons. The standard InChI is InChI=1S/C20H26N2O6S2/c1-27-16-11-14-5-9-22(13-15(14)12-17(16)28-2)8-4-3-7-21-30(25,26)18-6-10-29-19(18)20(23)24/h6,10-12,21H,3-5,7-9,13H2,1-2H3,(H,23,24). The minimum absolute atomic E-state index is 0.165. The fourth-order valence-corrected chi connectivity index (χ4v) is 5.87. The summed E-state index contributed by atoms with van der Waals surface area (Å²) >= 11 is 0.904. The summed E-state index contributed by atoms with van der Waals surface area (Å²) in [4.78, 5) is 13.1. The molecular weight excluding hydrogens is 428 g/mol. The Kier molecular flexibility index (Phi) is 7.35. The van der Waals surface area contributed by atoms with Gasteiger partial charge in [-0.15, -0.1) is 11.3 Å². The lowest BCUT2D eigenvalue weighted by Gasteiger charge is -2.29. The summed E-state index contributed by atoms with van der Waals surface area (Å²) in [5, 5.41) is 10.6. The number of carbonyl (C=O) groups is 1. The van der Waals surface area contributed by atoms with Gasteiger partial charge >= 0.3 is 5.97 Å². The Hall–Kier alpha value is -2.14. The molecule has 1 aromatic heterocycles. The Morgan fingerprint density at radius 2 is 1.90 bits per heavy atom. The average Bonchev–Trinajstić information content (AvgIpc) is 3.23. The molecule has 30 heavy (non-hydrogen) atoms. The van der Waals surface area contributed by atoms with Crippen LogP contribution in [-0.4, -0.2) is 58.2 Å². The lowest BCUT2D eigenvalue weighted by molar-refractivity contribution is 0.0698. The summed E-state index contributed by atoms with van der Waals surface area (Å²) in [7, 11) is -0.552. The number of ether oxygens (including phenoxy) is 2. The Morgan fingerprint density at radius 1 is 1.20 bits per heavy atom. The van der Waals surface area contributed by atoms with Crippen LogP contribution in [0.15, 0.2) is 28.5 Å². The second kappa shape index (κ2) is 9.78. The second-order valence-electron chi connectivity index (χ2n) is 7.03. The number of nitrogens with zero attached hydrogens (tertiary/aromatic N) is 1. The molecule has 0 fully saturated rings. The van der Waals surface area contributed by atoms with Crippen LogP contribution >= 0.6 is 11.3 Å². The lowest BCUT2D eigenvalue weighted by atomic mass is 9.98. The molecule has 10 heteroatoms. The van der Waals surface area contributed by atoms with Crippen LogP contribution in [0.4, 0.5) is 0 Å². The molecule has 2 aromatic rings. The summed E-state index contributed by atoms with van der Waals surface area (Å²) in [5.74, 6) is 0.236. The van der Waals surface area contributed by atoms with Gasteiger partial charge in [-0.3, -0.25) is 4.90 Å². The molecule has 0 atom stereocenters. The SMILES string of the molecule is COc1cc2c(cc1OC)CN(CCCCNS(=O)(=O)c1ccsc1C(=O)O)CC2. The number of nitrogens with one attached hydrogen (secondary N) is 1. The van der Waals surface area contributed by atoms with Crippen molar-refractivity contribution in [1.82, 2.24) is 9.62 Å². The molecule has 8 nitrogen and oxygen atoms in total. The second-order valence-corrected chi connectivity index (χ2v) is 9.68. The van der Waals surface area contributed by atoms with E-state index in [0.717, 1.165) is 55.3 Å². The summed E-state index contributed by atoms with van der Waals surface area (Å²) in [6.07, 6.45) is 2.43. The van der Waals surface area contributed by atoms with Crippen molar-refractivity contribution < 1.29 is 27.8 Å². The quantitative estimate of drug-likeness (QED) is 0.532. The van der Waals surface area contributed by atoms with Gasteiger partial charge in [0.25, 0.3) is 0 Å². The van der Waals surface area contributed by atoms with Crippen LogP contribution in [0, 0.1) is 0 Å². The normalized spacial score (nSPS) is 14.3. The van der Waals surface area contributed by atoms with Crippen molar-refractivity contribution in [1.29, 1.82) is 0 Å². The first kappa shape index (κ1) is 22.5. The Labute approximate surface area is 180 Å². The smallest absolute Gasteiger partial charge is 0.347 e. The van der Waals surface area contributed by atoms with Crippen LogP contribution in [0.2, 0.25) is 0 Å². The first-order valence-electron chi connectivity index (χ1n) is 9.62. The fourth-order valence-electron chi connectivity index (χ4n) is 3.54. The number of unbranched alkanes of at least 4 members (excludes halogenated alkanes) is 1. The van der Waals surface area contributed by atoms with Gasteiger partial charge in [0.15, 0.2) is 11.5 Å². The summed E-state index contributed by atoms with van der Waals surface area (Å²) in [6.45, 7) is 2.88. The Balaban J connectivity index is 1.48. The lowest BCUT2D eigenvalue weighted by Crippen LogP contribution is -2.32. The fraction of sp³-hybridized carbons (Fsp3) is 0.450. The number of methoxy groups -OCH3 is 2. The number of benzene rings is 1. The summed E-state index contributed by atoms with van der Waals surface area (Å²) in [6, 6.07) is 5.39. The van der Waals surface area contributed by atoms with E-state index in [9.17, 15) is 13.2 Å². The number of carboxylic acid groups (broad SMARTS) is 1. The summed E-state index contributed by atoms with van der Waals surface area (Å²) in [5.41, 5.74) is 2.49. The van der Waals surface area contributed by atoms with E-state index < -0.39 is 16.0 Å². The molecule has 2 N–H and O–H groups in total. The zero-order valence-corrected chi connectivity index (χ0v) is 18.6. The van der Waals surface area contributed by atoms with Crippen molar-refractivity contribution in [2.75, 3.05) is 33.9 Å². The molecule has 0 aliphatic carbocycles. The minimum Gasteiger partial charge on any atom is -0.493 e. The van der Waals surface area contributed by atoms with Crippen LogP contribution in [-0.2, 0) is 23.0 Å². The minimum atomic E-state index is -3.81. The van der Waals surface area contributed by atoms with Gasteiger partial charge in [0, 0.05) is 19.6 Å². The van der Waals surface area contributed by atoms with Crippen LogP contribution in [0.5, 0.6) is 11.5 Å². The maximum Gasteiger partial charge on any atom is 0.347 e. The molecular formula is C20H26N2O6S2. The van der Waals surface area contributed by atoms with Crippen LogP contribution in [0.25, 0.3) is 0 Å². The van der Waals surface area contributed by atoms with Crippen molar-refractivity contribution >= 4 is 27.3 Å². The van der Waals surface area contributed by atoms with Crippen molar-refractivity contribution in [3.05, 3.63) is 39.6 Å². The van der Waals surface area contributed by atoms with E-state index in [2.05, 4.69) is 9.62 Å². The number of fused-ring (bicyclic) bond motifs is 1. The van der Waals surface area contributed by atoms with Crippen LogP contribution in [0.3, 0.4) is 0 Å². The van der Waals surface area contributed by atoms with Gasteiger partial charge < -0.3 is 14.6 Å². The molecule has 3 rings (SSSR count). The number of rotatable bonds is 10. The highest BCUT2D eigenvalue weighted by Crippen LogP contribution is 2.33. The molecule has 0 amide bonds. The highest BCUT2D eigenvalue weighted by Gasteiger charge is 2.23. The third-order valence-corrected chi connectivity index (χ3v) is 7.64. The van der Waals surface area contributed by atoms with Crippen molar-refractivity contribution in [3.8, 4) is 11.5 Å². The number of thiophene rings is 1. The van der Waals surface area contributed by atoms with Crippen LogP contribution in [0.1, 0.15) is 33.6 Å². The van der Waals surface area contributed by atoms with E-state index in [0.29, 0.717) is 6.42 Å². The molecule has 1 aromatic carbocycles. The third kappa shape index (κ3) is 5.12. The van der Waals surface area contributed by atoms with Gasteiger partial charge in [0.1, 0.15) is 9.77 Å². The van der Waals surface area contributed by atoms with Gasteiger partial charge in [-0.1, -0.05) is 0 Å². The largest absolute Gasteiger partial charge is 0.493 e. The first-order chi connectivity index (χ1) is 14.4.